The van der Waals surface area contributed by atoms with Gasteiger partial charge in [-0.25, -0.2) is 9.97 Å². The Bertz CT molecular complexity index is 1120. The largest absolute Gasteiger partial charge is 0.342 e. The minimum absolute atomic E-state index is 0.00907. The summed E-state index contributed by atoms with van der Waals surface area (Å²) in [7, 11) is 1.79. The van der Waals surface area contributed by atoms with E-state index in [2.05, 4.69) is 15.3 Å². The second-order valence-corrected chi connectivity index (χ2v) is 10.4. The molecule has 35 heavy (non-hydrogen) atoms. The topological polar surface area (TPSA) is 110 Å². The van der Waals surface area contributed by atoms with Crippen molar-refractivity contribution in [1.29, 1.82) is 0 Å². The van der Waals surface area contributed by atoms with Gasteiger partial charge in [0.1, 0.15) is 11.9 Å². The lowest BCUT2D eigenvalue weighted by Crippen LogP contribution is -2.55. The van der Waals surface area contributed by atoms with Gasteiger partial charge in [0.05, 0.1) is 18.4 Å². The van der Waals surface area contributed by atoms with Crippen molar-refractivity contribution in [3.05, 3.63) is 23.1 Å². The molecule has 4 heterocycles. The van der Waals surface area contributed by atoms with Crippen molar-refractivity contribution in [3.8, 4) is 0 Å². The van der Waals surface area contributed by atoms with Crippen LogP contribution in [0.15, 0.2) is 6.20 Å². The number of hydrogen-bond donors (Lipinski definition) is 2. The summed E-state index contributed by atoms with van der Waals surface area (Å²) in [5.74, 6) is 2.69. The lowest BCUT2D eigenvalue weighted by Gasteiger charge is -2.35. The predicted molar refractivity (Wildman–Crippen MR) is 132 cm³/mol. The molecular formula is C25H34N8O2. The first kappa shape index (κ1) is 22.3. The SMILES string of the molecule is CN1CCN(C(=O)[C@H]2CCCN2c2nc3c(c(Nc4ncc(C5CCCC5)[nH]4)n2)CCC3)CC1=O. The lowest BCUT2D eigenvalue weighted by atomic mass is 10.1. The number of fused-ring (bicyclic) bond motifs is 1. The monoisotopic (exact) mass is 478 g/mol. The zero-order chi connectivity index (χ0) is 23.9. The number of nitrogens with zero attached hydrogens (tertiary/aromatic N) is 6. The molecule has 1 atom stereocenters. The van der Waals surface area contributed by atoms with Crippen LogP contribution in [0.4, 0.5) is 17.7 Å². The van der Waals surface area contributed by atoms with E-state index in [4.69, 9.17) is 9.97 Å². The third kappa shape index (κ3) is 4.23. The molecule has 186 valence electrons. The van der Waals surface area contributed by atoms with Crippen LogP contribution in [-0.4, -0.2) is 80.8 Å². The Morgan fingerprint density at radius 2 is 1.91 bits per heavy atom. The van der Waals surface area contributed by atoms with Crippen molar-refractivity contribution in [3.63, 3.8) is 0 Å². The molecule has 4 aliphatic rings. The van der Waals surface area contributed by atoms with E-state index in [0.29, 0.717) is 25.0 Å². The van der Waals surface area contributed by atoms with Crippen LogP contribution in [0.1, 0.15) is 67.8 Å². The van der Waals surface area contributed by atoms with Crippen LogP contribution in [0.5, 0.6) is 0 Å². The Morgan fingerprint density at radius 1 is 1.06 bits per heavy atom. The van der Waals surface area contributed by atoms with Crippen LogP contribution in [0, 0.1) is 0 Å². The van der Waals surface area contributed by atoms with E-state index in [0.717, 1.165) is 61.7 Å². The molecule has 0 aromatic carbocycles. The normalized spacial score (nSPS) is 22.8. The molecule has 10 nitrogen and oxygen atoms in total. The number of H-pyrrole nitrogens is 1. The van der Waals surface area contributed by atoms with E-state index < -0.39 is 0 Å². The molecule has 2 aromatic heterocycles. The first-order valence-corrected chi connectivity index (χ1v) is 13.1. The molecule has 2 saturated heterocycles. The Kier molecular flexibility index (Phi) is 5.82. The second kappa shape index (κ2) is 9.13. The molecule has 2 aliphatic heterocycles. The van der Waals surface area contributed by atoms with E-state index >= 15 is 0 Å². The second-order valence-electron chi connectivity index (χ2n) is 10.4. The third-order valence-corrected chi connectivity index (χ3v) is 8.11. The van der Waals surface area contributed by atoms with Crippen molar-refractivity contribution in [2.75, 3.05) is 43.4 Å². The highest BCUT2D eigenvalue weighted by molar-refractivity contribution is 5.90. The number of likely N-dealkylation sites (N-methyl/N-ethyl adjacent to an activating group) is 1. The summed E-state index contributed by atoms with van der Waals surface area (Å²) in [6.45, 7) is 2.04. The predicted octanol–water partition coefficient (Wildman–Crippen LogP) is 2.36. The standard InChI is InChI=1S/C25H34N8O2/c1-31-12-13-32(15-21(31)34)23(35)20-10-5-11-33(20)25-28-18-9-4-8-17(18)22(30-25)29-24-26-14-19(27-24)16-6-2-3-7-16/h14,16,20H,2-13,15H2,1H3,(H2,26,27,28,29,30)/t20-/m1/s1. The number of aromatic nitrogens is 4. The van der Waals surface area contributed by atoms with Gasteiger partial charge >= 0.3 is 0 Å². The van der Waals surface area contributed by atoms with Gasteiger partial charge in [0, 0.05) is 43.9 Å². The van der Waals surface area contributed by atoms with Crippen LogP contribution < -0.4 is 10.2 Å². The molecule has 3 fully saturated rings. The first-order valence-electron chi connectivity index (χ1n) is 13.1. The van der Waals surface area contributed by atoms with Gasteiger partial charge in [-0.15, -0.1) is 0 Å². The number of aromatic amines is 1. The summed E-state index contributed by atoms with van der Waals surface area (Å²) in [5, 5.41) is 3.44. The van der Waals surface area contributed by atoms with Crippen molar-refractivity contribution in [1.82, 2.24) is 29.7 Å². The number of piperazine rings is 1. The average molecular weight is 479 g/mol. The Hall–Kier alpha value is -3.17. The number of nitrogens with one attached hydrogen (secondary N) is 2. The lowest BCUT2D eigenvalue weighted by molar-refractivity contribution is -0.144. The summed E-state index contributed by atoms with van der Waals surface area (Å²) in [6, 6.07) is -0.323. The van der Waals surface area contributed by atoms with E-state index in [-0.39, 0.29) is 24.4 Å². The van der Waals surface area contributed by atoms with Gasteiger partial charge in [-0.1, -0.05) is 12.8 Å². The number of imidazole rings is 1. The van der Waals surface area contributed by atoms with E-state index in [1.807, 2.05) is 11.1 Å². The Balaban J connectivity index is 1.24. The van der Waals surface area contributed by atoms with Crippen LogP contribution in [-0.2, 0) is 22.4 Å². The van der Waals surface area contributed by atoms with Crippen LogP contribution in [0.3, 0.4) is 0 Å². The summed E-state index contributed by atoms with van der Waals surface area (Å²) < 4.78 is 0. The molecule has 0 radical (unpaired) electrons. The Labute approximate surface area is 205 Å². The van der Waals surface area contributed by atoms with Gasteiger partial charge in [-0.2, -0.15) is 4.98 Å². The molecule has 0 spiro atoms. The summed E-state index contributed by atoms with van der Waals surface area (Å²) in [4.78, 5) is 48.9. The quantitative estimate of drug-likeness (QED) is 0.679. The summed E-state index contributed by atoms with van der Waals surface area (Å²) in [5.41, 5.74) is 3.41. The van der Waals surface area contributed by atoms with Gasteiger partial charge in [-0.05, 0) is 44.9 Å². The number of carbonyl (C=O) groups is 2. The molecule has 2 aliphatic carbocycles. The molecule has 2 amide bonds. The molecule has 2 aromatic rings. The summed E-state index contributed by atoms with van der Waals surface area (Å²) >= 11 is 0. The van der Waals surface area contributed by atoms with E-state index in [1.54, 1.807) is 16.8 Å². The minimum atomic E-state index is -0.323. The van der Waals surface area contributed by atoms with Gasteiger partial charge in [0.2, 0.25) is 23.7 Å². The highest BCUT2D eigenvalue weighted by atomic mass is 16.2. The zero-order valence-electron chi connectivity index (χ0n) is 20.4. The van der Waals surface area contributed by atoms with Gasteiger partial charge in [0.25, 0.3) is 0 Å². The fraction of sp³-hybridized carbons (Fsp3) is 0.640. The number of amides is 2. The molecule has 0 bridgehead atoms. The average Bonchev–Trinajstić information content (AvgIpc) is 3.67. The molecule has 10 heteroatoms. The number of rotatable bonds is 5. The maximum atomic E-state index is 13.4. The van der Waals surface area contributed by atoms with Crippen molar-refractivity contribution < 1.29 is 9.59 Å². The number of carbonyl (C=O) groups excluding carboxylic acids is 2. The van der Waals surface area contributed by atoms with Crippen LogP contribution in [0.2, 0.25) is 0 Å². The number of aryl methyl sites for hydroxylation is 1. The fourth-order valence-electron chi connectivity index (χ4n) is 6.03. The van der Waals surface area contributed by atoms with Gasteiger partial charge < -0.3 is 25.0 Å². The van der Waals surface area contributed by atoms with Gasteiger partial charge in [0.15, 0.2) is 0 Å². The Morgan fingerprint density at radius 3 is 2.74 bits per heavy atom. The molecular weight excluding hydrogens is 444 g/mol. The highest BCUT2D eigenvalue weighted by Gasteiger charge is 2.38. The highest BCUT2D eigenvalue weighted by Crippen LogP contribution is 2.35. The molecule has 2 N–H and O–H groups in total. The van der Waals surface area contributed by atoms with E-state index in [9.17, 15) is 9.59 Å². The van der Waals surface area contributed by atoms with Crippen LogP contribution >= 0.6 is 0 Å². The van der Waals surface area contributed by atoms with Crippen molar-refractivity contribution >= 4 is 29.5 Å². The third-order valence-electron chi connectivity index (χ3n) is 8.11. The number of anilines is 3. The van der Waals surface area contributed by atoms with Crippen molar-refractivity contribution in [2.45, 2.75) is 69.7 Å². The summed E-state index contributed by atoms with van der Waals surface area (Å²) in [6.07, 6.45) is 11.5. The maximum Gasteiger partial charge on any atom is 0.245 e. The minimum Gasteiger partial charge on any atom is -0.342 e. The van der Waals surface area contributed by atoms with E-state index in [1.165, 1.54) is 31.4 Å². The molecule has 1 saturated carbocycles. The zero-order valence-corrected chi connectivity index (χ0v) is 20.4. The smallest absolute Gasteiger partial charge is 0.245 e. The first-order chi connectivity index (χ1) is 17.1. The van der Waals surface area contributed by atoms with Crippen molar-refractivity contribution in [2.24, 2.45) is 0 Å². The fourth-order valence-corrected chi connectivity index (χ4v) is 6.03. The number of hydrogen-bond acceptors (Lipinski definition) is 7. The van der Waals surface area contributed by atoms with Gasteiger partial charge in [-0.3, -0.25) is 9.59 Å². The molecule has 0 unspecified atom stereocenters. The van der Waals surface area contributed by atoms with Crippen LogP contribution in [0.25, 0.3) is 0 Å². The maximum absolute atomic E-state index is 13.4. The molecule has 6 rings (SSSR count).